The average molecular weight is 606 g/mol. The third-order valence-corrected chi connectivity index (χ3v) is 9.56. The molecule has 3 aliphatic rings. The van der Waals surface area contributed by atoms with Gasteiger partial charge in [0.1, 0.15) is 11.6 Å². The number of rotatable bonds is 11. The molecule has 2 bridgehead atoms. The van der Waals surface area contributed by atoms with Crippen molar-refractivity contribution in [1.82, 2.24) is 4.90 Å². The van der Waals surface area contributed by atoms with Crippen LogP contribution < -0.4 is 9.80 Å². The molecule has 1 N–H and O–H groups in total. The topological polar surface area (TPSA) is 90.4 Å². The van der Waals surface area contributed by atoms with Crippen LogP contribution in [0.1, 0.15) is 32.3 Å². The van der Waals surface area contributed by atoms with Gasteiger partial charge in [0.05, 0.1) is 41.3 Å². The number of anilines is 2. The molecule has 228 valence electrons. The van der Waals surface area contributed by atoms with Crippen molar-refractivity contribution in [2.45, 2.75) is 57.4 Å². The third kappa shape index (κ3) is 4.99. The molecule has 8 nitrogen and oxygen atoms in total. The molecule has 0 aliphatic carbocycles. The summed E-state index contributed by atoms with van der Waals surface area (Å²) in [6.45, 7) is 13.5. The molecule has 9 heteroatoms. The van der Waals surface area contributed by atoms with E-state index in [1.165, 1.54) is 4.90 Å². The number of likely N-dealkylation sites (tertiary alicyclic amines) is 1. The smallest absolute Gasteiger partial charge is 0.253 e. The van der Waals surface area contributed by atoms with Crippen LogP contribution in [0.3, 0.4) is 0 Å². The summed E-state index contributed by atoms with van der Waals surface area (Å²) in [5.41, 5.74) is 0.795. The lowest BCUT2D eigenvalue weighted by atomic mass is 9.70. The molecule has 3 aliphatic heterocycles. The van der Waals surface area contributed by atoms with Gasteiger partial charge in [-0.25, -0.2) is 0 Å². The number of fused-ring (bicyclic) bond motifs is 1. The van der Waals surface area contributed by atoms with E-state index in [9.17, 15) is 19.5 Å². The molecule has 0 saturated carbocycles. The molecule has 0 aromatic heterocycles. The number of nitrogens with zero attached hydrogens (tertiary/aromatic N) is 3. The van der Waals surface area contributed by atoms with Crippen LogP contribution in [0.2, 0.25) is 5.02 Å². The fourth-order valence-corrected chi connectivity index (χ4v) is 7.73. The first-order valence-corrected chi connectivity index (χ1v) is 15.3. The molecular weight excluding hydrogens is 566 g/mol. The predicted octanol–water partition coefficient (Wildman–Crippen LogP) is 4.78. The number of carbonyl (C=O) groups excluding carboxylic acids is 3. The first-order chi connectivity index (χ1) is 20.6. The number of aliphatic hydroxyl groups is 1. The predicted molar refractivity (Wildman–Crippen MR) is 168 cm³/mol. The number of hydrogen-bond donors (Lipinski definition) is 1. The molecular formula is C34H40ClN3O5. The van der Waals surface area contributed by atoms with Crippen LogP contribution in [-0.4, -0.2) is 71.2 Å². The van der Waals surface area contributed by atoms with Gasteiger partial charge in [-0.3, -0.25) is 14.4 Å². The number of carbonyl (C=O) groups is 3. The number of ether oxygens (including phenoxy) is 1. The molecule has 2 aromatic carbocycles. The minimum absolute atomic E-state index is 0.154. The van der Waals surface area contributed by atoms with Gasteiger partial charge in [0.2, 0.25) is 11.8 Å². The maximum Gasteiger partial charge on any atom is 0.253 e. The Balaban J connectivity index is 1.63. The SMILES string of the molecule is C=CCN(C(=O)[C@@H]1[C@H]2C(=O)N([C@@H](CO)C(C)C)C(C(=O)N(CC=C)c3c(C)cccc3Cl)C23CC[C@H]1O3)c1ccccc1. The maximum absolute atomic E-state index is 14.9. The summed E-state index contributed by atoms with van der Waals surface area (Å²) in [6, 6.07) is 13.0. The Morgan fingerprint density at radius 3 is 2.37 bits per heavy atom. The Labute approximate surface area is 258 Å². The van der Waals surface area contributed by atoms with Gasteiger partial charge in [0.15, 0.2) is 0 Å². The fourth-order valence-electron chi connectivity index (χ4n) is 7.40. The first kappa shape index (κ1) is 31.0. The average Bonchev–Trinajstić information content (AvgIpc) is 3.63. The lowest BCUT2D eigenvalue weighted by Gasteiger charge is -2.40. The molecule has 6 atom stereocenters. The van der Waals surface area contributed by atoms with Gasteiger partial charge in [0, 0.05) is 18.8 Å². The van der Waals surface area contributed by atoms with Crippen LogP contribution >= 0.6 is 11.6 Å². The van der Waals surface area contributed by atoms with E-state index >= 15 is 0 Å². The molecule has 5 rings (SSSR count). The van der Waals surface area contributed by atoms with Crippen molar-refractivity contribution >= 4 is 40.7 Å². The molecule has 1 spiro atoms. The number of halogens is 1. The second-order valence-electron chi connectivity index (χ2n) is 12.0. The lowest BCUT2D eigenvalue weighted by molar-refractivity contribution is -0.145. The summed E-state index contributed by atoms with van der Waals surface area (Å²) in [4.78, 5) is 48.5. The third-order valence-electron chi connectivity index (χ3n) is 9.25. The Morgan fingerprint density at radius 1 is 1.09 bits per heavy atom. The maximum atomic E-state index is 14.9. The van der Waals surface area contributed by atoms with Gasteiger partial charge in [-0.2, -0.15) is 0 Å². The van der Waals surface area contributed by atoms with Crippen molar-refractivity contribution in [2.75, 3.05) is 29.5 Å². The molecule has 2 unspecified atom stereocenters. The van der Waals surface area contributed by atoms with Crippen molar-refractivity contribution in [2.24, 2.45) is 17.8 Å². The minimum atomic E-state index is -1.23. The molecule has 0 radical (unpaired) electrons. The molecule has 43 heavy (non-hydrogen) atoms. The number of amides is 3. The van der Waals surface area contributed by atoms with Gasteiger partial charge in [-0.1, -0.05) is 67.9 Å². The van der Waals surface area contributed by atoms with Gasteiger partial charge < -0.3 is 24.5 Å². The zero-order valence-corrected chi connectivity index (χ0v) is 25.7. The highest BCUT2D eigenvalue weighted by Gasteiger charge is 2.75. The zero-order valence-electron chi connectivity index (χ0n) is 25.0. The highest BCUT2D eigenvalue weighted by Crippen LogP contribution is 2.60. The standard InChI is InChI=1S/C34H40ClN3O5/c1-6-18-36(23-13-9-8-10-14-23)31(40)27-26-16-17-34(43-26)28(27)32(41)38(25(20-39)21(3)4)30(34)33(42)37(19-7-2)29-22(5)12-11-15-24(29)35/h6-15,21,25-28,30,39H,1-2,16-20H2,3-5H3/t25-,26+,27-,28-,30?,34?/m0/s1. The number of benzene rings is 2. The van der Waals surface area contributed by atoms with Crippen molar-refractivity contribution < 1.29 is 24.2 Å². The van der Waals surface area contributed by atoms with E-state index in [0.29, 0.717) is 29.2 Å². The van der Waals surface area contributed by atoms with Gasteiger partial charge >= 0.3 is 0 Å². The summed E-state index contributed by atoms with van der Waals surface area (Å²) < 4.78 is 6.69. The molecule has 3 heterocycles. The molecule has 3 saturated heterocycles. The van der Waals surface area contributed by atoms with E-state index in [1.807, 2.05) is 63.2 Å². The van der Waals surface area contributed by atoms with Gasteiger partial charge in [0.25, 0.3) is 5.91 Å². The highest BCUT2D eigenvalue weighted by molar-refractivity contribution is 6.34. The fraction of sp³-hybridized carbons (Fsp3) is 0.441. The summed E-state index contributed by atoms with van der Waals surface area (Å²) in [6.07, 6.45) is 3.74. The Kier molecular flexibility index (Phi) is 8.84. The quantitative estimate of drug-likeness (QED) is 0.373. The van der Waals surface area contributed by atoms with E-state index in [1.54, 1.807) is 28.0 Å². The molecule has 2 aromatic rings. The van der Waals surface area contributed by atoms with E-state index in [0.717, 1.165) is 5.56 Å². The van der Waals surface area contributed by atoms with E-state index in [4.69, 9.17) is 16.3 Å². The van der Waals surface area contributed by atoms with Crippen LogP contribution in [0.15, 0.2) is 73.8 Å². The van der Waals surface area contributed by atoms with Gasteiger partial charge in [-0.05, 0) is 49.4 Å². The normalized spacial score (nSPS) is 26.4. The van der Waals surface area contributed by atoms with Crippen molar-refractivity contribution in [3.8, 4) is 0 Å². The Hall–Kier alpha value is -3.46. The summed E-state index contributed by atoms with van der Waals surface area (Å²) in [5, 5.41) is 10.9. The van der Waals surface area contributed by atoms with E-state index in [-0.39, 0.29) is 43.3 Å². The monoisotopic (exact) mass is 605 g/mol. The van der Waals surface area contributed by atoms with Crippen LogP contribution in [0.5, 0.6) is 0 Å². The van der Waals surface area contributed by atoms with Crippen LogP contribution in [0, 0.1) is 24.7 Å². The molecule has 3 amide bonds. The second-order valence-corrected chi connectivity index (χ2v) is 12.4. The number of para-hydroxylation sites is 2. The Morgan fingerprint density at radius 2 is 1.77 bits per heavy atom. The number of aryl methyl sites for hydroxylation is 1. The second kappa shape index (κ2) is 12.3. The van der Waals surface area contributed by atoms with Crippen molar-refractivity contribution in [1.29, 1.82) is 0 Å². The first-order valence-electron chi connectivity index (χ1n) is 14.9. The summed E-state index contributed by atoms with van der Waals surface area (Å²) >= 11 is 6.65. The minimum Gasteiger partial charge on any atom is -0.394 e. The van der Waals surface area contributed by atoms with Crippen LogP contribution in [0.4, 0.5) is 11.4 Å². The van der Waals surface area contributed by atoms with Crippen LogP contribution in [-0.2, 0) is 19.1 Å². The van der Waals surface area contributed by atoms with Crippen molar-refractivity contribution in [3.63, 3.8) is 0 Å². The Bertz CT molecular complexity index is 1390. The van der Waals surface area contributed by atoms with E-state index in [2.05, 4.69) is 13.2 Å². The number of aliphatic hydroxyl groups excluding tert-OH is 1. The van der Waals surface area contributed by atoms with Gasteiger partial charge in [-0.15, -0.1) is 13.2 Å². The van der Waals surface area contributed by atoms with Crippen molar-refractivity contribution in [3.05, 3.63) is 84.4 Å². The zero-order chi connectivity index (χ0) is 31.1. The summed E-state index contributed by atoms with van der Waals surface area (Å²) in [5.74, 6) is -2.78. The van der Waals surface area contributed by atoms with E-state index < -0.39 is 35.6 Å². The highest BCUT2D eigenvalue weighted by atomic mass is 35.5. The largest absolute Gasteiger partial charge is 0.394 e. The lowest BCUT2D eigenvalue weighted by Crippen LogP contribution is -2.60. The molecule has 3 fully saturated rings. The summed E-state index contributed by atoms with van der Waals surface area (Å²) in [7, 11) is 0. The van der Waals surface area contributed by atoms with Crippen LogP contribution in [0.25, 0.3) is 0 Å². The number of hydrogen-bond acceptors (Lipinski definition) is 5.